The van der Waals surface area contributed by atoms with Crippen LogP contribution in [0.3, 0.4) is 0 Å². The molecule has 4 nitrogen and oxygen atoms in total. The van der Waals surface area contributed by atoms with Gasteiger partial charge in [0.15, 0.2) is 0 Å². The largest absolute Gasteiger partial charge is 0.383 e. The maximum absolute atomic E-state index is 12.6. The molecule has 0 saturated carbocycles. The topological polar surface area (TPSA) is 59.2 Å². The molecule has 1 aliphatic heterocycles. The van der Waals surface area contributed by atoms with Gasteiger partial charge in [-0.05, 0) is 42.5 Å². The number of fused-ring (bicyclic) bond motifs is 1. The molecule has 1 unspecified atom stereocenters. The smallest absolute Gasteiger partial charge is 0.258 e. The minimum atomic E-state index is -0.0325. The van der Waals surface area contributed by atoms with Crippen LogP contribution in [0.5, 0.6) is 0 Å². The van der Waals surface area contributed by atoms with Crippen LogP contribution in [0.25, 0.3) is 0 Å². The Labute approximate surface area is 115 Å². The van der Waals surface area contributed by atoms with Gasteiger partial charge >= 0.3 is 0 Å². The quantitative estimate of drug-likeness (QED) is 0.868. The van der Waals surface area contributed by atoms with E-state index in [1.165, 1.54) is 10.4 Å². The van der Waals surface area contributed by atoms with Crippen molar-refractivity contribution in [1.29, 1.82) is 0 Å². The molecule has 0 spiro atoms. The van der Waals surface area contributed by atoms with Gasteiger partial charge in [-0.25, -0.2) is 4.98 Å². The molecule has 0 radical (unpaired) electrons. The number of anilines is 1. The van der Waals surface area contributed by atoms with Crippen molar-refractivity contribution in [2.24, 2.45) is 0 Å². The van der Waals surface area contributed by atoms with Crippen LogP contribution >= 0.6 is 11.3 Å². The van der Waals surface area contributed by atoms with Gasteiger partial charge in [-0.1, -0.05) is 0 Å². The molecule has 0 aromatic carbocycles. The summed E-state index contributed by atoms with van der Waals surface area (Å²) in [4.78, 5) is 19.8. The molecule has 19 heavy (non-hydrogen) atoms. The van der Waals surface area contributed by atoms with E-state index in [2.05, 4.69) is 23.4 Å². The minimum absolute atomic E-state index is 0.0325. The molecular weight excluding hydrogens is 258 g/mol. The number of nitrogen functional groups attached to an aromatic ring is 1. The van der Waals surface area contributed by atoms with E-state index in [1.807, 2.05) is 4.90 Å². The van der Waals surface area contributed by atoms with E-state index in [4.69, 9.17) is 5.73 Å². The van der Waals surface area contributed by atoms with Gasteiger partial charge in [-0.3, -0.25) is 4.79 Å². The number of aromatic nitrogens is 1. The lowest BCUT2D eigenvalue weighted by Crippen LogP contribution is -2.38. The maximum Gasteiger partial charge on any atom is 0.258 e. The predicted molar refractivity (Wildman–Crippen MR) is 76.1 cm³/mol. The lowest BCUT2D eigenvalue weighted by atomic mass is 10.0. The van der Waals surface area contributed by atoms with Crippen molar-refractivity contribution >= 4 is 23.1 Å². The van der Waals surface area contributed by atoms with Gasteiger partial charge in [-0.15, -0.1) is 11.3 Å². The summed E-state index contributed by atoms with van der Waals surface area (Å²) >= 11 is 1.77. The molecule has 98 valence electrons. The second kappa shape index (κ2) is 4.66. The van der Waals surface area contributed by atoms with Crippen LogP contribution in [-0.2, 0) is 6.42 Å². The van der Waals surface area contributed by atoms with Gasteiger partial charge in [0, 0.05) is 17.6 Å². The number of nitrogens with two attached hydrogens (primary N) is 1. The Morgan fingerprint density at radius 3 is 3.16 bits per heavy atom. The Bertz CT molecular complexity index is 623. The Hall–Kier alpha value is -1.88. The third-order valence-electron chi connectivity index (χ3n) is 3.61. The van der Waals surface area contributed by atoms with Crippen molar-refractivity contribution in [3.05, 3.63) is 45.8 Å². The SMILES string of the molecule is CC1c2ccsc2CCN1C(=O)c1cccnc1N. The number of carbonyl (C=O) groups excluding carboxylic acids is 1. The summed E-state index contributed by atoms with van der Waals surface area (Å²) in [6, 6.07) is 5.69. The lowest BCUT2D eigenvalue weighted by molar-refractivity contribution is 0.0680. The molecular formula is C14H15N3OS. The summed E-state index contributed by atoms with van der Waals surface area (Å²) < 4.78 is 0. The molecule has 0 bridgehead atoms. The Kier molecular flexibility index (Phi) is 2.98. The highest BCUT2D eigenvalue weighted by atomic mass is 32.1. The molecule has 1 aliphatic rings. The van der Waals surface area contributed by atoms with E-state index in [9.17, 15) is 4.79 Å². The summed E-state index contributed by atoms with van der Waals surface area (Å²) in [5, 5.41) is 2.09. The third-order valence-corrected chi connectivity index (χ3v) is 4.60. The number of nitrogens with zero attached hydrogens (tertiary/aromatic N) is 2. The standard InChI is InChI=1S/C14H15N3OS/c1-9-10-5-8-19-12(10)4-7-17(9)14(18)11-3-2-6-16-13(11)15/h2-3,5-6,8-9H,4,7H2,1H3,(H2,15,16). The molecule has 3 heterocycles. The number of hydrogen-bond donors (Lipinski definition) is 1. The molecule has 0 aliphatic carbocycles. The third kappa shape index (κ3) is 2.00. The normalized spacial score (nSPS) is 18.2. The van der Waals surface area contributed by atoms with E-state index in [-0.39, 0.29) is 11.9 Å². The van der Waals surface area contributed by atoms with E-state index in [1.54, 1.807) is 29.7 Å². The van der Waals surface area contributed by atoms with Crippen LogP contribution in [-0.4, -0.2) is 22.3 Å². The van der Waals surface area contributed by atoms with Crippen molar-refractivity contribution in [1.82, 2.24) is 9.88 Å². The van der Waals surface area contributed by atoms with Crippen molar-refractivity contribution in [2.75, 3.05) is 12.3 Å². The van der Waals surface area contributed by atoms with E-state index >= 15 is 0 Å². The molecule has 2 aromatic heterocycles. The first kappa shape index (κ1) is 12.2. The Balaban J connectivity index is 1.92. The van der Waals surface area contributed by atoms with Crippen LogP contribution in [0.15, 0.2) is 29.8 Å². The highest BCUT2D eigenvalue weighted by Crippen LogP contribution is 2.33. The zero-order valence-corrected chi connectivity index (χ0v) is 11.5. The van der Waals surface area contributed by atoms with Gasteiger partial charge in [-0.2, -0.15) is 0 Å². The monoisotopic (exact) mass is 273 g/mol. The Morgan fingerprint density at radius 1 is 1.53 bits per heavy atom. The first-order chi connectivity index (χ1) is 9.18. The first-order valence-corrected chi connectivity index (χ1v) is 7.14. The number of carbonyl (C=O) groups is 1. The summed E-state index contributed by atoms with van der Waals surface area (Å²) in [7, 11) is 0. The second-order valence-corrected chi connectivity index (χ2v) is 5.66. The fourth-order valence-corrected chi connectivity index (χ4v) is 3.50. The minimum Gasteiger partial charge on any atom is -0.383 e. The number of hydrogen-bond acceptors (Lipinski definition) is 4. The second-order valence-electron chi connectivity index (χ2n) is 4.66. The number of thiophene rings is 1. The molecule has 2 N–H and O–H groups in total. The molecule has 5 heteroatoms. The van der Waals surface area contributed by atoms with Gasteiger partial charge < -0.3 is 10.6 Å². The number of amides is 1. The van der Waals surface area contributed by atoms with E-state index < -0.39 is 0 Å². The van der Waals surface area contributed by atoms with Gasteiger partial charge in [0.1, 0.15) is 5.82 Å². The summed E-state index contributed by atoms with van der Waals surface area (Å²) in [6.07, 6.45) is 2.52. The first-order valence-electron chi connectivity index (χ1n) is 6.26. The van der Waals surface area contributed by atoms with Crippen LogP contribution < -0.4 is 5.73 Å². The molecule has 0 fully saturated rings. The van der Waals surface area contributed by atoms with E-state index in [0.29, 0.717) is 11.4 Å². The fourth-order valence-electron chi connectivity index (χ4n) is 2.54. The molecule has 1 amide bonds. The fraction of sp³-hybridized carbons (Fsp3) is 0.286. The van der Waals surface area contributed by atoms with E-state index in [0.717, 1.165) is 13.0 Å². The molecule has 3 rings (SSSR count). The lowest BCUT2D eigenvalue weighted by Gasteiger charge is -2.33. The summed E-state index contributed by atoms with van der Waals surface area (Å²) in [5.74, 6) is 0.269. The van der Waals surface area contributed by atoms with Crippen molar-refractivity contribution in [2.45, 2.75) is 19.4 Å². The zero-order valence-electron chi connectivity index (χ0n) is 10.7. The van der Waals surface area contributed by atoms with Crippen molar-refractivity contribution in [3.8, 4) is 0 Å². The van der Waals surface area contributed by atoms with Crippen molar-refractivity contribution < 1.29 is 4.79 Å². The highest BCUT2D eigenvalue weighted by Gasteiger charge is 2.29. The van der Waals surface area contributed by atoms with Crippen molar-refractivity contribution in [3.63, 3.8) is 0 Å². The van der Waals surface area contributed by atoms with Gasteiger partial charge in [0.25, 0.3) is 5.91 Å². The maximum atomic E-state index is 12.6. The number of rotatable bonds is 1. The van der Waals surface area contributed by atoms with Crippen LogP contribution in [0.1, 0.15) is 33.8 Å². The van der Waals surface area contributed by atoms with Crippen LogP contribution in [0.4, 0.5) is 5.82 Å². The van der Waals surface area contributed by atoms with Crippen LogP contribution in [0, 0.1) is 0 Å². The average Bonchev–Trinajstić information content (AvgIpc) is 2.88. The predicted octanol–water partition coefficient (Wildman–Crippen LogP) is 2.48. The zero-order chi connectivity index (χ0) is 13.4. The molecule has 0 saturated heterocycles. The molecule has 2 aromatic rings. The van der Waals surface area contributed by atoms with Gasteiger partial charge in [0.05, 0.1) is 11.6 Å². The average molecular weight is 273 g/mol. The summed E-state index contributed by atoms with van der Waals surface area (Å²) in [5.41, 5.74) is 7.54. The Morgan fingerprint density at radius 2 is 2.37 bits per heavy atom. The van der Waals surface area contributed by atoms with Gasteiger partial charge in [0.2, 0.25) is 0 Å². The highest BCUT2D eigenvalue weighted by molar-refractivity contribution is 7.10. The number of pyridine rings is 1. The summed E-state index contributed by atoms with van der Waals surface area (Å²) in [6.45, 7) is 2.80. The molecule has 1 atom stereocenters. The van der Waals surface area contributed by atoms with Crippen LogP contribution in [0.2, 0.25) is 0 Å².